The van der Waals surface area contributed by atoms with Crippen LogP contribution in [0, 0.1) is 6.92 Å². The molecule has 0 spiro atoms. The number of benzene rings is 2. The van der Waals surface area contributed by atoms with E-state index < -0.39 is 17.5 Å². The lowest BCUT2D eigenvalue weighted by Crippen LogP contribution is -2.06. The Kier molecular flexibility index (Phi) is 3.33. The van der Waals surface area contributed by atoms with Crippen LogP contribution in [-0.2, 0) is 0 Å². The number of rotatable bonds is 3. The molecule has 96 valence electrons. The molecule has 0 fully saturated rings. The molecule has 0 unspecified atom stereocenters. The minimum Gasteiger partial charge on any atom is -0.506 e. The largest absolute Gasteiger partial charge is 0.506 e. The third-order valence-electron chi connectivity index (χ3n) is 2.77. The monoisotopic (exact) mass is 256 g/mol. The zero-order valence-electron chi connectivity index (χ0n) is 10.3. The third kappa shape index (κ3) is 2.47. The predicted octanol–water partition coefficient (Wildman–Crippen LogP) is 2.63. The van der Waals surface area contributed by atoms with Crippen LogP contribution >= 0.6 is 0 Å². The van der Waals surface area contributed by atoms with E-state index in [1.54, 1.807) is 37.3 Å². The summed E-state index contributed by atoms with van der Waals surface area (Å²) in [5.41, 5.74) is 0.747. The summed E-state index contributed by atoms with van der Waals surface area (Å²) in [6.45, 7) is 1.67. The quantitative estimate of drug-likeness (QED) is 0.828. The number of carbonyl (C=O) groups is 2. The van der Waals surface area contributed by atoms with Gasteiger partial charge in [0.1, 0.15) is 11.3 Å². The summed E-state index contributed by atoms with van der Waals surface area (Å²) in [4.78, 5) is 23.3. The highest BCUT2D eigenvalue weighted by Gasteiger charge is 2.20. The SMILES string of the molecule is Cc1cc(C(=O)O)c(O)c(C(=O)c2ccccc2)c1. The number of carbonyl (C=O) groups excluding carboxylic acids is 1. The maximum absolute atomic E-state index is 12.2. The normalized spacial score (nSPS) is 10.2. The first-order valence-electron chi connectivity index (χ1n) is 5.67. The van der Waals surface area contributed by atoms with E-state index in [1.165, 1.54) is 12.1 Å². The van der Waals surface area contributed by atoms with Gasteiger partial charge in [-0.3, -0.25) is 4.79 Å². The molecule has 2 aromatic carbocycles. The molecule has 2 N–H and O–H groups in total. The summed E-state index contributed by atoms with van der Waals surface area (Å²) in [6.07, 6.45) is 0. The van der Waals surface area contributed by atoms with Crippen molar-refractivity contribution in [3.63, 3.8) is 0 Å². The molecule has 0 amide bonds. The molecule has 0 aliphatic heterocycles. The Morgan fingerprint density at radius 1 is 1.00 bits per heavy atom. The number of carboxylic acids is 1. The zero-order valence-corrected chi connectivity index (χ0v) is 10.3. The summed E-state index contributed by atoms with van der Waals surface area (Å²) in [6, 6.07) is 11.2. The van der Waals surface area contributed by atoms with Gasteiger partial charge in [0, 0.05) is 5.56 Å². The van der Waals surface area contributed by atoms with Crippen molar-refractivity contribution in [3.8, 4) is 5.75 Å². The Labute approximate surface area is 109 Å². The summed E-state index contributed by atoms with van der Waals surface area (Å²) >= 11 is 0. The number of carboxylic acid groups (broad SMARTS) is 1. The van der Waals surface area contributed by atoms with Gasteiger partial charge in [0.15, 0.2) is 5.78 Å². The smallest absolute Gasteiger partial charge is 0.339 e. The average molecular weight is 256 g/mol. The van der Waals surface area contributed by atoms with Gasteiger partial charge in [-0.1, -0.05) is 30.3 Å². The Morgan fingerprint density at radius 3 is 2.16 bits per heavy atom. The topological polar surface area (TPSA) is 74.6 Å². The van der Waals surface area contributed by atoms with Crippen molar-refractivity contribution < 1.29 is 19.8 Å². The van der Waals surface area contributed by atoms with Crippen LogP contribution in [-0.4, -0.2) is 22.0 Å². The lowest BCUT2D eigenvalue weighted by molar-refractivity contribution is 0.0693. The zero-order chi connectivity index (χ0) is 14.0. The molecule has 2 rings (SSSR count). The minimum atomic E-state index is -1.26. The van der Waals surface area contributed by atoms with E-state index in [-0.39, 0.29) is 11.1 Å². The minimum absolute atomic E-state index is 0.00333. The van der Waals surface area contributed by atoms with Crippen molar-refractivity contribution in [2.45, 2.75) is 6.92 Å². The lowest BCUT2D eigenvalue weighted by Gasteiger charge is -2.08. The van der Waals surface area contributed by atoms with E-state index in [9.17, 15) is 14.7 Å². The molecular formula is C15H12O4. The van der Waals surface area contributed by atoms with Gasteiger partial charge >= 0.3 is 5.97 Å². The van der Waals surface area contributed by atoms with Crippen LogP contribution in [0.2, 0.25) is 0 Å². The van der Waals surface area contributed by atoms with Crippen molar-refractivity contribution >= 4 is 11.8 Å². The second-order valence-corrected chi connectivity index (χ2v) is 4.21. The molecule has 0 aromatic heterocycles. The first-order valence-corrected chi connectivity index (χ1v) is 5.67. The first kappa shape index (κ1) is 12.8. The van der Waals surface area contributed by atoms with Crippen LogP contribution < -0.4 is 0 Å². The van der Waals surface area contributed by atoms with Gasteiger partial charge in [0.25, 0.3) is 0 Å². The number of ketones is 1. The molecule has 4 nitrogen and oxygen atoms in total. The van der Waals surface area contributed by atoms with Crippen molar-refractivity contribution in [2.75, 3.05) is 0 Å². The van der Waals surface area contributed by atoms with Gasteiger partial charge in [0.05, 0.1) is 5.56 Å². The standard InChI is InChI=1S/C15H12O4/c1-9-7-11(14(17)12(8-9)15(18)19)13(16)10-5-3-2-4-6-10/h2-8,17H,1H3,(H,18,19). The molecule has 0 saturated heterocycles. The molecule has 19 heavy (non-hydrogen) atoms. The van der Waals surface area contributed by atoms with Gasteiger partial charge < -0.3 is 10.2 Å². The fourth-order valence-electron chi connectivity index (χ4n) is 1.86. The fourth-order valence-corrected chi connectivity index (χ4v) is 1.86. The number of aromatic hydroxyl groups is 1. The highest BCUT2D eigenvalue weighted by molar-refractivity contribution is 6.12. The third-order valence-corrected chi connectivity index (χ3v) is 2.77. The summed E-state index contributed by atoms with van der Waals surface area (Å²) in [5.74, 6) is -2.15. The molecule has 0 bridgehead atoms. The molecular weight excluding hydrogens is 244 g/mol. The molecule has 0 aliphatic rings. The summed E-state index contributed by atoms with van der Waals surface area (Å²) < 4.78 is 0. The predicted molar refractivity (Wildman–Crippen MR) is 69.7 cm³/mol. The van der Waals surface area contributed by atoms with Crippen molar-refractivity contribution in [3.05, 3.63) is 64.7 Å². The van der Waals surface area contributed by atoms with Gasteiger partial charge in [-0.2, -0.15) is 0 Å². The maximum atomic E-state index is 12.2. The van der Waals surface area contributed by atoms with Crippen LogP contribution in [0.15, 0.2) is 42.5 Å². The van der Waals surface area contributed by atoms with Crippen molar-refractivity contribution in [1.29, 1.82) is 0 Å². The highest BCUT2D eigenvalue weighted by atomic mass is 16.4. The summed E-state index contributed by atoms with van der Waals surface area (Å²) in [7, 11) is 0. The van der Waals surface area contributed by atoms with Crippen LogP contribution in [0.5, 0.6) is 5.75 Å². The molecule has 0 atom stereocenters. The van der Waals surface area contributed by atoms with Crippen LogP contribution in [0.1, 0.15) is 31.8 Å². The molecule has 0 aliphatic carbocycles. The Bertz CT molecular complexity index is 645. The molecule has 4 heteroatoms. The van der Waals surface area contributed by atoms with E-state index >= 15 is 0 Å². The second-order valence-electron chi connectivity index (χ2n) is 4.21. The first-order chi connectivity index (χ1) is 9.00. The van der Waals surface area contributed by atoms with Crippen molar-refractivity contribution in [1.82, 2.24) is 0 Å². The Balaban J connectivity index is 2.57. The highest BCUT2D eigenvalue weighted by Crippen LogP contribution is 2.26. The van der Waals surface area contributed by atoms with Gasteiger partial charge in [-0.05, 0) is 24.6 Å². The second kappa shape index (κ2) is 4.94. The number of phenols is 1. The number of aromatic carboxylic acids is 1. The van der Waals surface area contributed by atoms with E-state index in [2.05, 4.69) is 0 Å². The molecule has 0 saturated carbocycles. The molecule has 2 aromatic rings. The Morgan fingerprint density at radius 2 is 1.58 bits per heavy atom. The van der Waals surface area contributed by atoms with Crippen molar-refractivity contribution in [2.24, 2.45) is 0 Å². The van der Waals surface area contributed by atoms with Crippen LogP contribution in [0.3, 0.4) is 0 Å². The number of aryl methyl sites for hydroxylation is 1. The average Bonchev–Trinajstić information content (AvgIpc) is 2.41. The van der Waals surface area contributed by atoms with E-state index in [0.29, 0.717) is 11.1 Å². The number of hydrogen-bond acceptors (Lipinski definition) is 3. The van der Waals surface area contributed by atoms with Gasteiger partial charge in [-0.25, -0.2) is 4.79 Å². The maximum Gasteiger partial charge on any atom is 0.339 e. The van der Waals surface area contributed by atoms with Gasteiger partial charge in [-0.15, -0.1) is 0 Å². The Hall–Kier alpha value is -2.62. The van der Waals surface area contributed by atoms with E-state index in [1.807, 2.05) is 0 Å². The lowest BCUT2D eigenvalue weighted by atomic mass is 9.97. The molecule has 0 heterocycles. The molecule has 0 radical (unpaired) electrons. The summed E-state index contributed by atoms with van der Waals surface area (Å²) in [5, 5.41) is 18.9. The van der Waals surface area contributed by atoms with E-state index in [4.69, 9.17) is 5.11 Å². The van der Waals surface area contributed by atoms with Crippen LogP contribution in [0.25, 0.3) is 0 Å². The fraction of sp³-hybridized carbons (Fsp3) is 0.0667. The van der Waals surface area contributed by atoms with E-state index in [0.717, 1.165) is 0 Å². The number of hydrogen-bond donors (Lipinski definition) is 2. The van der Waals surface area contributed by atoms with Crippen LogP contribution in [0.4, 0.5) is 0 Å². The van der Waals surface area contributed by atoms with Gasteiger partial charge in [0.2, 0.25) is 0 Å².